The standard InChI is InChI=1S/C20H35N5O2/c1-4-17-16(18(5-2)27-24-17)15-23-20(21-6-3)22-12-10-14-25-13-9-7-8-11-19(25)26/h4-15H2,1-3H3,(H2,21,22,23). The number of rotatable bonds is 9. The van der Waals surface area contributed by atoms with E-state index in [1.165, 1.54) is 6.42 Å². The van der Waals surface area contributed by atoms with E-state index in [1.807, 2.05) is 4.90 Å². The SMILES string of the molecule is CCNC(=NCc1c(CC)noc1CC)NCCCN1CCCCCC1=O. The van der Waals surface area contributed by atoms with E-state index in [-0.39, 0.29) is 0 Å². The number of guanidine groups is 1. The summed E-state index contributed by atoms with van der Waals surface area (Å²) in [6.07, 6.45) is 6.63. The second-order valence-electron chi connectivity index (χ2n) is 6.91. The topological polar surface area (TPSA) is 82.8 Å². The monoisotopic (exact) mass is 377 g/mol. The van der Waals surface area contributed by atoms with Crippen LogP contribution in [0, 0.1) is 0 Å². The van der Waals surface area contributed by atoms with E-state index in [9.17, 15) is 4.79 Å². The number of hydrogen-bond donors (Lipinski definition) is 2. The first-order chi connectivity index (χ1) is 13.2. The number of aliphatic imine (C=N–C) groups is 1. The number of aromatic nitrogens is 1. The average molecular weight is 378 g/mol. The highest BCUT2D eigenvalue weighted by Crippen LogP contribution is 2.16. The lowest BCUT2D eigenvalue weighted by atomic mass is 10.1. The smallest absolute Gasteiger partial charge is 0.222 e. The van der Waals surface area contributed by atoms with Crippen molar-refractivity contribution >= 4 is 11.9 Å². The van der Waals surface area contributed by atoms with E-state index in [1.54, 1.807) is 0 Å². The van der Waals surface area contributed by atoms with Crippen molar-refractivity contribution in [3.05, 3.63) is 17.0 Å². The number of carbonyl (C=O) groups excluding carboxylic acids is 1. The van der Waals surface area contributed by atoms with Crippen LogP contribution in [0.1, 0.15) is 69.9 Å². The summed E-state index contributed by atoms with van der Waals surface area (Å²) >= 11 is 0. The molecule has 152 valence electrons. The van der Waals surface area contributed by atoms with Crippen LogP contribution >= 0.6 is 0 Å². The third-order valence-electron chi connectivity index (χ3n) is 4.92. The maximum absolute atomic E-state index is 12.1. The molecule has 0 aliphatic carbocycles. The predicted octanol–water partition coefficient (Wildman–Crippen LogP) is 2.65. The molecule has 0 saturated carbocycles. The van der Waals surface area contributed by atoms with Crippen molar-refractivity contribution in [3.63, 3.8) is 0 Å². The third-order valence-corrected chi connectivity index (χ3v) is 4.92. The third kappa shape index (κ3) is 6.56. The number of carbonyl (C=O) groups is 1. The largest absolute Gasteiger partial charge is 0.361 e. The maximum atomic E-state index is 12.1. The van der Waals surface area contributed by atoms with Gasteiger partial charge in [0.2, 0.25) is 5.91 Å². The molecule has 1 aromatic rings. The molecule has 1 aliphatic heterocycles. The molecule has 2 heterocycles. The van der Waals surface area contributed by atoms with Gasteiger partial charge in [0, 0.05) is 44.6 Å². The molecule has 0 atom stereocenters. The van der Waals surface area contributed by atoms with E-state index in [2.05, 4.69) is 36.6 Å². The molecule has 0 aromatic carbocycles. The van der Waals surface area contributed by atoms with Gasteiger partial charge in [0.05, 0.1) is 12.2 Å². The highest BCUT2D eigenvalue weighted by molar-refractivity contribution is 5.79. The van der Waals surface area contributed by atoms with Gasteiger partial charge in [-0.3, -0.25) is 4.79 Å². The number of hydrogen-bond acceptors (Lipinski definition) is 4. The van der Waals surface area contributed by atoms with Crippen molar-refractivity contribution in [1.82, 2.24) is 20.7 Å². The number of amides is 1. The molecule has 1 aromatic heterocycles. The molecule has 7 nitrogen and oxygen atoms in total. The van der Waals surface area contributed by atoms with Gasteiger partial charge >= 0.3 is 0 Å². The van der Waals surface area contributed by atoms with Crippen LogP contribution in [0.3, 0.4) is 0 Å². The highest BCUT2D eigenvalue weighted by atomic mass is 16.5. The summed E-state index contributed by atoms with van der Waals surface area (Å²) < 4.78 is 5.42. The first-order valence-corrected chi connectivity index (χ1v) is 10.5. The highest BCUT2D eigenvalue weighted by Gasteiger charge is 2.16. The molecule has 1 fully saturated rings. The number of nitrogens with zero attached hydrogens (tertiary/aromatic N) is 3. The van der Waals surface area contributed by atoms with Gasteiger partial charge in [0.1, 0.15) is 5.76 Å². The first-order valence-electron chi connectivity index (χ1n) is 10.5. The molecule has 0 unspecified atom stereocenters. The summed E-state index contributed by atoms with van der Waals surface area (Å²) in [5.41, 5.74) is 2.10. The van der Waals surface area contributed by atoms with Crippen LogP contribution in [0.2, 0.25) is 0 Å². The van der Waals surface area contributed by atoms with Crippen LogP contribution in [0.5, 0.6) is 0 Å². The minimum atomic E-state index is 0.305. The fraction of sp³-hybridized carbons (Fsp3) is 0.750. The Bertz CT molecular complexity index is 590. The summed E-state index contributed by atoms with van der Waals surface area (Å²) in [5.74, 6) is 2.02. The van der Waals surface area contributed by atoms with Gasteiger partial charge in [-0.05, 0) is 32.6 Å². The van der Waals surface area contributed by atoms with E-state index in [0.29, 0.717) is 18.9 Å². The fourth-order valence-electron chi connectivity index (χ4n) is 3.37. The van der Waals surface area contributed by atoms with Gasteiger partial charge in [-0.25, -0.2) is 4.99 Å². The molecule has 2 rings (SSSR count). The van der Waals surface area contributed by atoms with Crippen molar-refractivity contribution in [3.8, 4) is 0 Å². The zero-order valence-electron chi connectivity index (χ0n) is 17.1. The van der Waals surface area contributed by atoms with Crippen molar-refractivity contribution in [1.29, 1.82) is 0 Å². The lowest BCUT2D eigenvalue weighted by Gasteiger charge is -2.20. The number of nitrogens with one attached hydrogen (secondary N) is 2. The first kappa shape index (κ1) is 21.3. The fourth-order valence-corrected chi connectivity index (χ4v) is 3.37. The van der Waals surface area contributed by atoms with Gasteiger partial charge in [-0.15, -0.1) is 0 Å². The van der Waals surface area contributed by atoms with Gasteiger partial charge in [-0.2, -0.15) is 0 Å². The molecular formula is C20H35N5O2. The zero-order valence-corrected chi connectivity index (χ0v) is 17.1. The minimum absolute atomic E-state index is 0.305. The second kappa shape index (κ2) is 11.6. The lowest BCUT2D eigenvalue weighted by Crippen LogP contribution is -2.39. The Morgan fingerprint density at radius 2 is 2.04 bits per heavy atom. The Labute approximate surface area is 163 Å². The quantitative estimate of drug-likeness (QED) is 0.393. The molecule has 0 radical (unpaired) electrons. The number of aryl methyl sites for hydroxylation is 2. The molecule has 2 N–H and O–H groups in total. The van der Waals surface area contributed by atoms with Crippen molar-refractivity contribution in [2.24, 2.45) is 4.99 Å². The summed E-state index contributed by atoms with van der Waals surface area (Å²) in [4.78, 5) is 18.8. The molecule has 7 heteroatoms. The molecule has 1 amide bonds. The Morgan fingerprint density at radius 1 is 1.19 bits per heavy atom. The van der Waals surface area contributed by atoms with Gasteiger partial charge in [0.15, 0.2) is 5.96 Å². The number of likely N-dealkylation sites (tertiary alicyclic amines) is 1. The Hall–Kier alpha value is -2.05. The summed E-state index contributed by atoms with van der Waals surface area (Å²) in [6.45, 7) is 10.1. The molecular weight excluding hydrogens is 342 g/mol. The molecule has 1 aliphatic rings. The lowest BCUT2D eigenvalue weighted by molar-refractivity contribution is -0.130. The molecule has 0 bridgehead atoms. The van der Waals surface area contributed by atoms with Gasteiger partial charge in [0.25, 0.3) is 0 Å². The van der Waals surface area contributed by atoms with E-state index < -0.39 is 0 Å². The van der Waals surface area contributed by atoms with Crippen LogP contribution in [-0.2, 0) is 24.2 Å². The summed E-state index contributed by atoms with van der Waals surface area (Å²) in [6, 6.07) is 0. The Balaban J connectivity index is 1.85. The van der Waals surface area contributed by atoms with Crippen molar-refractivity contribution in [2.75, 3.05) is 26.2 Å². The van der Waals surface area contributed by atoms with E-state index >= 15 is 0 Å². The summed E-state index contributed by atoms with van der Waals surface area (Å²) in [7, 11) is 0. The average Bonchev–Trinajstić information content (AvgIpc) is 2.97. The van der Waals surface area contributed by atoms with Crippen LogP contribution in [0.15, 0.2) is 9.52 Å². The van der Waals surface area contributed by atoms with E-state index in [0.717, 1.165) is 81.3 Å². The minimum Gasteiger partial charge on any atom is -0.361 e. The van der Waals surface area contributed by atoms with Gasteiger partial charge in [-0.1, -0.05) is 25.4 Å². The van der Waals surface area contributed by atoms with Crippen molar-refractivity contribution < 1.29 is 9.32 Å². The second-order valence-corrected chi connectivity index (χ2v) is 6.91. The molecule has 27 heavy (non-hydrogen) atoms. The zero-order chi connectivity index (χ0) is 19.5. The van der Waals surface area contributed by atoms with Gasteiger partial charge < -0.3 is 20.1 Å². The maximum Gasteiger partial charge on any atom is 0.222 e. The van der Waals surface area contributed by atoms with Crippen molar-refractivity contribution in [2.45, 2.75) is 72.3 Å². The summed E-state index contributed by atoms with van der Waals surface area (Å²) in [5, 5.41) is 10.8. The molecule has 1 saturated heterocycles. The van der Waals surface area contributed by atoms with Crippen LogP contribution in [0.25, 0.3) is 0 Å². The van der Waals surface area contributed by atoms with Crippen LogP contribution < -0.4 is 10.6 Å². The predicted molar refractivity (Wildman–Crippen MR) is 108 cm³/mol. The van der Waals surface area contributed by atoms with Crippen LogP contribution in [-0.4, -0.2) is 48.1 Å². The molecule has 0 spiro atoms. The Kier molecular flexibility index (Phi) is 9.15. The Morgan fingerprint density at radius 3 is 2.78 bits per heavy atom. The van der Waals surface area contributed by atoms with Crippen LogP contribution in [0.4, 0.5) is 0 Å². The normalized spacial score (nSPS) is 15.7. The van der Waals surface area contributed by atoms with E-state index in [4.69, 9.17) is 9.52 Å².